The molecule has 0 aliphatic carbocycles. The van der Waals surface area contributed by atoms with Crippen molar-refractivity contribution in [1.29, 1.82) is 0 Å². The van der Waals surface area contributed by atoms with Crippen molar-refractivity contribution in [2.24, 2.45) is 0 Å². The molecule has 180 valence electrons. The first-order valence-corrected chi connectivity index (χ1v) is 12.2. The number of carbonyl (C=O) groups excluding carboxylic acids is 1. The van der Waals surface area contributed by atoms with E-state index in [0.29, 0.717) is 37.6 Å². The van der Waals surface area contributed by atoms with E-state index in [1.54, 1.807) is 40.5 Å². The molecule has 0 spiro atoms. The Hall–Kier alpha value is -3.92. The van der Waals surface area contributed by atoms with Gasteiger partial charge in [-0.05, 0) is 36.2 Å². The van der Waals surface area contributed by atoms with Crippen LogP contribution in [-0.2, 0) is 6.42 Å². The van der Waals surface area contributed by atoms with E-state index in [1.807, 2.05) is 0 Å². The molecule has 10 heteroatoms. The quantitative estimate of drug-likeness (QED) is 0.458. The number of rotatable bonds is 5. The number of aryl methyl sites for hydroxylation is 1. The van der Waals surface area contributed by atoms with Gasteiger partial charge >= 0.3 is 0 Å². The third-order valence-corrected chi connectivity index (χ3v) is 7.19. The van der Waals surface area contributed by atoms with Crippen molar-refractivity contribution >= 4 is 32.6 Å². The normalized spacial score (nSPS) is 13.9. The van der Waals surface area contributed by atoms with E-state index in [1.165, 1.54) is 12.7 Å². The zero-order valence-corrected chi connectivity index (χ0v) is 20.3. The van der Waals surface area contributed by atoms with Crippen LogP contribution in [0.2, 0.25) is 0 Å². The zero-order chi connectivity index (χ0) is 24.5. The highest BCUT2D eigenvalue weighted by atomic mass is 32.1. The number of carbonyl (C=O) groups is 1. The summed E-state index contributed by atoms with van der Waals surface area (Å²) in [6, 6.07) is 14.2. The number of thiazole rings is 1. The van der Waals surface area contributed by atoms with Crippen molar-refractivity contribution < 1.29 is 14.6 Å². The minimum Gasteiger partial charge on any atom is -0.505 e. The van der Waals surface area contributed by atoms with Crippen molar-refractivity contribution in [2.45, 2.75) is 13.3 Å². The average Bonchev–Trinajstić information content (AvgIpc) is 3.32. The van der Waals surface area contributed by atoms with Gasteiger partial charge in [0, 0.05) is 32.2 Å². The highest BCUT2D eigenvalue weighted by Gasteiger charge is 2.27. The molecule has 0 bridgehead atoms. The maximum atomic E-state index is 13.2. The van der Waals surface area contributed by atoms with Crippen LogP contribution in [0.1, 0.15) is 23.0 Å². The molecular weight excluding hydrogens is 466 g/mol. The van der Waals surface area contributed by atoms with Gasteiger partial charge in [0.05, 0.1) is 17.3 Å². The summed E-state index contributed by atoms with van der Waals surface area (Å²) in [5.41, 5.74) is 1.92. The van der Waals surface area contributed by atoms with Crippen LogP contribution in [-0.4, -0.2) is 64.0 Å². The predicted octanol–water partition coefficient (Wildman–Crippen LogP) is 3.08. The maximum absolute atomic E-state index is 13.2. The number of aromatic hydroxyl groups is 1. The standard InChI is InChI=1S/C25H25N5O4S/c1-3-16-8-9-17-21(14-16)35-25(26-17)29-12-10-28(11-13-29)24(33)23-19(31)15-22(32)30(27-23)18-6-4-5-7-20(18)34-2/h4-9,14-15,31H,3,10-13H2,1-2H3. The minimum absolute atomic E-state index is 0.170. The summed E-state index contributed by atoms with van der Waals surface area (Å²) >= 11 is 1.66. The number of nitrogens with zero attached hydrogens (tertiary/aromatic N) is 5. The van der Waals surface area contributed by atoms with Crippen molar-refractivity contribution in [3.63, 3.8) is 0 Å². The number of benzene rings is 2. The number of hydrogen-bond donors (Lipinski definition) is 1. The Morgan fingerprint density at radius 1 is 1.11 bits per heavy atom. The van der Waals surface area contributed by atoms with Gasteiger partial charge in [-0.1, -0.05) is 36.5 Å². The van der Waals surface area contributed by atoms with Crippen LogP contribution in [0.3, 0.4) is 0 Å². The van der Waals surface area contributed by atoms with Crippen LogP contribution in [0, 0.1) is 0 Å². The van der Waals surface area contributed by atoms with Crippen LogP contribution in [0.5, 0.6) is 11.5 Å². The van der Waals surface area contributed by atoms with Gasteiger partial charge in [0.15, 0.2) is 16.6 Å². The van der Waals surface area contributed by atoms with Crippen LogP contribution in [0.4, 0.5) is 5.13 Å². The molecule has 1 N–H and O–H groups in total. The SMILES string of the molecule is CCc1ccc2nc(N3CCN(C(=O)c4nn(-c5ccccc5OC)c(=O)cc4O)CC3)sc2c1. The fourth-order valence-corrected chi connectivity index (χ4v) is 5.22. The summed E-state index contributed by atoms with van der Waals surface area (Å²) in [6.45, 7) is 4.25. The number of amides is 1. The van der Waals surface area contributed by atoms with Gasteiger partial charge in [-0.25, -0.2) is 4.98 Å². The van der Waals surface area contributed by atoms with Gasteiger partial charge in [-0.15, -0.1) is 0 Å². The Labute approximate surface area is 205 Å². The Morgan fingerprint density at radius 2 is 1.89 bits per heavy atom. The third kappa shape index (κ3) is 4.32. The molecule has 9 nitrogen and oxygen atoms in total. The average molecular weight is 492 g/mol. The number of fused-ring (bicyclic) bond motifs is 1. The molecule has 1 aliphatic rings. The molecule has 4 aromatic rings. The van der Waals surface area contributed by atoms with E-state index >= 15 is 0 Å². The Kier molecular flexibility index (Phi) is 6.12. The lowest BCUT2D eigenvalue weighted by atomic mass is 10.2. The number of ether oxygens (including phenoxy) is 1. The van der Waals surface area contributed by atoms with E-state index in [4.69, 9.17) is 9.72 Å². The topological polar surface area (TPSA) is 101 Å². The lowest BCUT2D eigenvalue weighted by Gasteiger charge is -2.34. The summed E-state index contributed by atoms with van der Waals surface area (Å²) in [4.78, 5) is 34.3. The van der Waals surface area contributed by atoms with Gasteiger partial charge in [0.1, 0.15) is 11.4 Å². The van der Waals surface area contributed by atoms with Crippen LogP contribution < -0.4 is 15.2 Å². The van der Waals surface area contributed by atoms with Crippen LogP contribution in [0.25, 0.3) is 15.9 Å². The lowest BCUT2D eigenvalue weighted by Crippen LogP contribution is -2.49. The van der Waals surface area contributed by atoms with Crippen LogP contribution >= 0.6 is 11.3 Å². The molecule has 0 unspecified atom stereocenters. The molecule has 0 saturated carbocycles. The van der Waals surface area contributed by atoms with E-state index in [-0.39, 0.29) is 5.69 Å². The zero-order valence-electron chi connectivity index (χ0n) is 19.5. The fraction of sp³-hybridized carbons (Fsp3) is 0.280. The Morgan fingerprint density at radius 3 is 2.63 bits per heavy atom. The number of piperazine rings is 1. The lowest BCUT2D eigenvalue weighted by molar-refractivity contribution is 0.0735. The first kappa shape index (κ1) is 22.9. The van der Waals surface area contributed by atoms with Gasteiger partial charge in [-0.2, -0.15) is 9.78 Å². The number of methoxy groups -OCH3 is 1. The number of anilines is 1. The molecule has 1 amide bonds. The van der Waals surface area contributed by atoms with E-state index in [9.17, 15) is 14.7 Å². The summed E-state index contributed by atoms with van der Waals surface area (Å²) in [7, 11) is 1.49. The van der Waals surface area contributed by atoms with E-state index < -0.39 is 17.2 Å². The molecule has 2 aromatic heterocycles. The van der Waals surface area contributed by atoms with Gasteiger partial charge in [0.25, 0.3) is 11.5 Å². The summed E-state index contributed by atoms with van der Waals surface area (Å²) in [5, 5.41) is 15.5. The first-order chi connectivity index (χ1) is 17.0. The van der Waals surface area contributed by atoms with Crippen molar-refractivity contribution in [3.8, 4) is 17.2 Å². The van der Waals surface area contributed by atoms with E-state index in [0.717, 1.165) is 32.5 Å². The molecule has 5 rings (SSSR count). The second-order valence-electron chi connectivity index (χ2n) is 8.23. The number of hydrogen-bond acceptors (Lipinski definition) is 8. The Balaban J connectivity index is 1.35. The van der Waals surface area contributed by atoms with Crippen molar-refractivity contribution in [2.75, 3.05) is 38.2 Å². The molecule has 1 saturated heterocycles. The monoisotopic (exact) mass is 491 g/mol. The first-order valence-electron chi connectivity index (χ1n) is 11.4. The fourth-order valence-electron chi connectivity index (χ4n) is 4.14. The largest absolute Gasteiger partial charge is 0.505 e. The maximum Gasteiger partial charge on any atom is 0.278 e. The molecule has 0 radical (unpaired) electrons. The molecule has 1 aliphatic heterocycles. The number of aromatic nitrogens is 3. The smallest absolute Gasteiger partial charge is 0.278 e. The van der Waals surface area contributed by atoms with Crippen LogP contribution in [0.15, 0.2) is 53.3 Å². The highest BCUT2D eigenvalue weighted by Crippen LogP contribution is 2.30. The predicted molar refractivity (Wildman–Crippen MR) is 135 cm³/mol. The molecule has 1 fully saturated rings. The van der Waals surface area contributed by atoms with Crippen molar-refractivity contribution in [3.05, 3.63) is 70.1 Å². The van der Waals surface area contributed by atoms with E-state index in [2.05, 4.69) is 35.1 Å². The third-order valence-electron chi connectivity index (χ3n) is 6.11. The van der Waals surface area contributed by atoms with Gasteiger partial charge in [-0.3, -0.25) is 9.59 Å². The minimum atomic E-state index is -0.560. The Bertz CT molecular complexity index is 1460. The molecule has 2 aromatic carbocycles. The second-order valence-corrected chi connectivity index (χ2v) is 9.24. The highest BCUT2D eigenvalue weighted by molar-refractivity contribution is 7.22. The summed E-state index contributed by atoms with van der Waals surface area (Å²) < 4.78 is 7.56. The molecule has 35 heavy (non-hydrogen) atoms. The molecule has 3 heterocycles. The second kappa shape index (κ2) is 9.38. The molecular formula is C25H25N5O4S. The van der Waals surface area contributed by atoms with Gasteiger partial charge < -0.3 is 19.6 Å². The van der Waals surface area contributed by atoms with Crippen molar-refractivity contribution in [1.82, 2.24) is 19.7 Å². The van der Waals surface area contributed by atoms with Gasteiger partial charge in [0.2, 0.25) is 0 Å². The molecule has 0 atom stereocenters. The summed E-state index contributed by atoms with van der Waals surface area (Å²) in [6.07, 6.45) is 0.981. The number of para-hydroxylation sites is 2. The summed E-state index contributed by atoms with van der Waals surface area (Å²) in [5.74, 6) is -0.434.